The molecule has 0 aliphatic carbocycles. The number of nitrogens with zero attached hydrogens (tertiary/aromatic N) is 2. The van der Waals surface area contributed by atoms with Crippen LogP contribution in [0.2, 0.25) is 0 Å². The molecule has 0 atom stereocenters. The highest BCUT2D eigenvalue weighted by Crippen LogP contribution is 2.29. The molecule has 1 N–H and O–H groups in total. The predicted molar refractivity (Wildman–Crippen MR) is 95.1 cm³/mol. The van der Waals surface area contributed by atoms with E-state index in [1.807, 2.05) is 31.2 Å². The summed E-state index contributed by atoms with van der Waals surface area (Å²) in [5.41, 5.74) is 2.70. The summed E-state index contributed by atoms with van der Waals surface area (Å²) in [6.07, 6.45) is 3.14. The zero-order chi connectivity index (χ0) is 17.1. The third kappa shape index (κ3) is 3.64. The SMILES string of the molecule is Cc1ccc(C=CC(=O)Nc2nc3ccc([N+](=O)[O-])cc3s2)cc1. The Balaban J connectivity index is 1.73. The number of carbonyl (C=O) groups excluding carboxylic acids is 1. The third-order valence-corrected chi connectivity index (χ3v) is 4.25. The quantitative estimate of drug-likeness (QED) is 0.439. The van der Waals surface area contributed by atoms with Crippen LogP contribution in [-0.4, -0.2) is 15.8 Å². The van der Waals surface area contributed by atoms with Gasteiger partial charge in [0.05, 0.1) is 15.1 Å². The Hall–Kier alpha value is -3.06. The van der Waals surface area contributed by atoms with E-state index in [-0.39, 0.29) is 11.6 Å². The zero-order valence-electron chi connectivity index (χ0n) is 12.7. The Labute approximate surface area is 141 Å². The summed E-state index contributed by atoms with van der Waals surface area (Å²) < 4.78 is 0.655. The molecule has 0 unspecified atom stereocenters. The van der Waals surface area contributed by atoms with Gasteiger partial charge >= 0.3 is 0 Å². The molecule has 24 heavy (non-hydrogen) atoms. The Morgan fingerprint density at radius 1 is 1.25 bits per heavy atom. The van der Waals surface area contributed by atoms with Crippen molar-refractivity contribution in [3.63, 3.8) is 0 Å². The molecular formula is C17H13N3O3S. The molecule has 0 saturated heterocycles. The molecule has 0 aliphatic heterocycles. The second-order valence-electron chi connectivity index (χ2n) is 5.16. The van der Waals surface area contributed by atoms with Crippen LogP contribution in [0.25, 0.3) is 16.3 Å². The number of benzene rings is 2. The van der Waals surface area contributed by atoms with E-state index in [1.165, 1.54) is 29.5 Å². The number of nitro groups is 1. The van der Waals surface area contributed by atoms with Crippen LogP contribution in [0.4, 0.5) is 10.8 Å². The summed E-state index contributed by atoms with van der Waals surface area (Å²) in [7, 11) is 0. The fourth-order valence-corrected chi connectivity index (χ4v) is 2.98. The number of rotatable bonds is 4. The average Bonchev–Trinajstić information content (AvgIpc) is 2.95. The first-order chi connectivity index (χ1) is 11.5. The molecule has 0 spiro atoms. The van der Waals surface area contributed by atoms with Crippen LogP contribution in [0.1, 0.15) is 11.1 Å². The van der Waals surface area contributed by atoms with Gasteiger partial charge in [0.15, 0.2) is 5.13 Å². The maximum absolute atomic E-state index is 12.0. The van der Waals surface area contributed by atoms with Gasteiger partial charge < -0.3 is 0 Å². The summed E-state index contributed by atoms with van der Waals surface area (Å²) in [4.78, 5) is 26.5. The molecule has 0 radical (unpaired) electrons. The van der Waals surface area contributed by atoms with E-state index in [9.17, 15) is 14.9 Å². The van der Waals surface area contributed by atoms with Gasteiger partial charge in [0.1, 0.15) is 0 Å². The van der Waals surface area contributed by atoms with Gasteiger partial charge in [-0.25, -0.2) is 4.98 Å². The van der Waals surface area contributed by atoms with Crippen molar-refractivity contribution in [1.82, 2.24) is 4.98 Å². The van der Waals surface area contributed by atoms with Gasteiger partial charge in [-0.15, -0.1) is 0 Å². The van der Waals surface area contributed by atoms with E-state index < -0.39 is 4.92 Å². The van der Waals surface area contributed by atoms with Crippen molar-refractivity contribution >= 4 is 44.4 Å². The molecule has 1 amide bonds. The second-order valence-corrected chi connectivity index (χ2v) is 6.19. The second kappa shape index (κ2) is 6.59. The van der Waals surface area contributed by atoms with Gasteiger partial charge in [-0.1, -0.05) is 41.2 Å². The zero-order valence-corrected chi connectivity index (χ0v) is 13.5. The first kappa shape index (κ1) is 15.8. The minimum Gasteiger partial charge on any atom is -0.298 e. The number of amides is 1. The number of nitro benzene ring substituents is 1. The molecule has 1 heterocycles. The first-order valence-electron chi connectivity index (χ1n) is 7.12. The maximum atomic E-state index is 12.0. The van der Waals surface area contributed by atoms with Crippen LogP contribution in [-0.2, 0) is 4.79 Å². The number of nitrogens with one attached hydrogen (secondary N) is 1. The number of aryl methyl sites for hydroxylation is 1. The number of aromatic nitrogens is 1. The molecule has 0 fully saturated rings. The monoisotopic (exact) mass is 339 g/mol. The van der Waals surface area contributed by atoms with Crippen LogP contribution in [0, 0.1) is 17.0 Å². The molecular weight excluding hydrogens is 326 g/mol. The molecule has 3 aromatic rings. The van der Waals surface area contributed by atoms with Crippen molar-refractivity contribution in [2.45, 2.75) is 6.92 Å². The molecule has 7 heteroatoms. The van der Waals surface area contributed by atoms with Crippen LogP contribution in [0.5, 0.6) is 0 Å². The van der Waals surface area contributed by atoms with Gasteiger partial charge in [-0.3, -0.25) is 20.2 Å². The van der Waals surface area contributed by atoms with Crippen molar-refractivity contribution in [2.24, 2.45) is 0 Å². The lowest BCUT2D eigenvalue weighted by Gasteiger charge is -1.96. The van der Waals surface area contributed by atoms with Crippen molar-refractivity contribution < 1.29 is 9.72 Å². The number of thiazole rings is 1. The van der Waals surface area contributed by atoms with Gasteiger partial charge in [0.25, 0.3) is 5.69 Å². The number of hydrogen-bond donors (Lipinski definition) is 1. The third-order valence-electron chi connectivity index (χ3n) is 3.32. The Kier molecular flexibility index (Phi) is 4.35. The summed E-state index contributed by atoms with van der Waals surface area (Å²) in [6, 6.07) is 12.2. The lowest BCUT2D eigenvalue weighted by molar-refractivity contribution is -0.384. The Morgan fingerprint density at radius 2 is 2.00 bits per heavy atom. The highest BCUT2D eigenvalue weighted by molar-refractivity contribution is 7.22. The molecule has 0 saturated carbocycles. The maximum Gasteiger partial charge on any atom is 0.270 e. The molecule has 6 nitrogen and oxygen atoms in total. The van der Waals surface area contributed by atoms with Gasteiger partial charge in [0.2, 0.25) is 5.91 Å². The molecule has 1 aromatic heterocycles. The Bertz CT molecular complexity index is 945. The molecule has 0 aliphatic rings. The van der Waals surface area contributed by atoms with Crippen molar-refractivity contribution in [2.75, 3.05) is 5.32 Å². The topological polar surface area (TPSA) is 85.1 Å². The highest BCUT2D eigenvalue weighted by Gasteiger charge is 2.11. The number of anilines is 1. The number of hydrogen-bond acceptors (Lipinski definition) is 5. The van der Waals surface area contributed by atoms with E-state index in [0.717, 1.165) is 11.1 Å². The summed E-state index contributed by atoms with van der Waals surface area (Å²) in [6.45, 7) is 2.00. The lowest BCUT2D eigenvalue weighted by atomic mass is 10.1. The van der Waals surface area contributed by atoms with E-state index >= 15 is 0 Å². The standard InChI is InChI=1S/C17H13N3O3S/c1-11-2-4-12(5-3-11)6-9-16(21)19-17-18-14-8-7-13(20(22)23)10-15(14)24-17/h2-10H,1H3,(H,18,19,21). The van der Waals surface area contributed by atoms with Gasteiger partial charge in [-0.05, 0) is 24.6 Å². The molecule has 3 rings (SSSR count). The van der Waals surface area contributed by atoms with E-state index in [4.69, 9.17) is 0 Å². The van der Waals surface area contributed by atoms with Gasteiger partial charge in [-0.2, -0.15) is 0 Å². The molecule has 120 valence electrons. The lowest BCUT2D eigenvalue weighted by Crippen LogP contribution is -2.07. The average molecular weight is 339 g/mol. The number of carbonyl (C=O) groups is 1. The van der Waals surface area contributed by atoms with E-state index in [2.05, 4.69) is 10.3 Å². The fourth-order valence-electron chi connectivity index (χ4n) is 2.08. The van der Waals surface area contributed by atoms with Crippen LogP contribution in [0.3, 0.4) is 0 Å². The summed E-state index contributed by atoms with van der Waals surface area (Å²) in [5.74, 6) is -0.302. The number of non-ortho nitro benzene ring substituents is 1. The van der Waals surface area contributed by atoms with Crippen LogP contribution < -0.4 is 5.32 Å². The largest absolute Gasteiger partial charge is 0.298 e. The highest BCUT2D eigenvalue weighted by atomic mass is 32.1. The normalized spacial score (nSPS) is 11.0. The van der Waals surface area contributed by atoms with E-state index in [1.54, 1.807) is 12.1 Å². The summed E-state index contributed by atoms with van der Waals surface area (Å²) in [5, 5.41) is 13.9. The Morgan fingerprint density at radius 3 is 2.71 bits per heavy atom. The fraction of sp³-hybridized carbons (Fsp3) is 0.0588. The van der Waals surface area contributed by atoms with E-state index in [0.29, 0.717) is 15.3 Å². The smallest absolute Gasteiger partial charge is 0.270 e. The van der Waals surface area contributed by atoms with Crippen molar-refractivity contribution in [1.29, 1.82) is 0 Å². The predicted octanol–water partition coefficient (Wildman–Crippen LogP) is 4.16. The van der Waals surface area contributed by atoms with Crippen LogP contribution >= 0.6 is 11.3 Å². The van der Waals surface area contributed by atoms with Crippen molar-refractivity contribution in [3.8, 4) is 0 Å². The van der Waals surface area contributed by atoms with Crippen molar-refractivity contribution in [3.05, 3.63) is 69.8 Å². The first-order valence-corrected chi connectivity index (χ1v) is 7.93. The number of fused-ring (bicyclic) bond motifs is 1. The minimum atomic E-state index is -0.457. The van der Waals surface area contributed by atoms with Gasteiger partial charge in [0, 0.05) is 18.2 Å². The minimum absolute atomic E-state index is 0.00305. The molecule has 2 aromatic carbocycles. The summed E-state index contributed by atoms with van der Waals surface area (Å²) >= 11 is 1.20. The molecule has 0 bridgehead atoms. The van der Waals surface area contributed by atoms with Crippen LogP contribution in [0.15, 0.2) is 48.5 Å².